The van der Waals surface area contributed by atoms with Gasteiger partial charge in [0, 0.05) is 5.39 Å². The van der Waals surface area contributed by atoms with Crippen molar-refractivity contribution in [3.63, 3.8) is 0 Å². The summed E-state index contributed by atoms with van der Waals surface area (Å²) in [6, 6.07) is 15.6. The molecule has 6 nitrogen and oxygen atoms in total. The van der Waals surface area contributed by atoms with Gasteiger partial charge in [0.15, 0.2) is 5.76 Å². The van der Waals surface area contributed by atoms with E-state index in [1.807, 2.05) is 48.5 Å². The lowest BCUT2D eigenvalue weighted by Gasteiger charge is -2.06. The number of fused-ring (bicyclic) bond motifs is 3. The smallest absolute Gasteiger partial charge is 0.285 e. The van der Waals surface area contributed by atoms with Crippen molar-refractivity contribution in [1.29, 1.82) is 0 Å². The zero-order chi connectivity index (χ0) is 16.8. The minimum Gasteiger partial charge on any atom is -0.463 e. The molecule has 0 fully saturated rings. The average Bonchev–Trinajstić information content (AvgIpc) is 3.30. The van der Waals surface area contributed by atoms with Crippen molar-refractivity contribution in [2.24, 2.45) is 0 Å². The first kappa shape index (κ1) is 14.1. The number of thiophene rings is 1. The number of rotatable bonds is 2. The first-order valence-corrected chi connectivity index (χ1v) is 8.41. The fraction of sp³-hybridized carbons (Fsp3) is 0. The van der Waals surface area contributed by atoms with E-state index in [1.54, 1.807) is 6.26 Å². The molecule has 4 aromatic heterocycles. The molecule has 5 aromatic rings. The van der Waals surface area contributed by atoms with Gasteiger partial charge in [-0.2, -0.15) is 0 Å². The van der Waals surface area contributed by atoms with Crippen molar-refractivity contribution in [2.45, 2.75) is 0 Å². The number of benzene rings is 1. The summed E-state index contributed by atoms with van der Waals surface area (Å²) in [6.45, 7) is 0. The van der Waals surface area contributed by atoms with Crippen LogP contribution in [-0.4, -0.2) is 20.4 Å². The highest BCUT2D eigenvalue weighted by Crippen LogP contribution is 2.38. The van der Waals surface area contributed by atoms with Crippen LogP contribution < -0.4 is 5.56 Å². The Morgan fingerprint density at radius 3 is 2.76 bits per heavy atom. The molecule has 0 saturated heterocycles. The predicted octanol–water partition coefficient (Wildman–Crippen LogP) is 3.85. The first-order chi connectivity index (χ1) is 12.3. The maximum Gasteiger partial charge on any atom is 0.285 e. The molecule has 0 unspecified atom stereocenters. The number of furan rings is 1. The van der Waals surface area contributed by atoms with E-state index in [9.17, 15) is 4.79 Å². The van der Waals surface area contributed by atoms with Gasteiger partial charge in [0.05, 0.1) is 6.26 Å². The molecule has 25 heavy (non-hydrogen) atoms. The van der Waals surface area contributed by atoms with Gasteiger partial charge in [-0.1, -0.05) is 35.5 Å². The van der Waals surface area contributed by atoms with Crippen LogP contribution in [0.5, 0.6) is 0 Å². The predicted molar refractivity (Wildman–Crippen MR) is 96.5 cm³/mol. The lowest BCUT2D eigenvalue weighted by Crippen LogP contribution is -2.07. The van der Waals surface area contributed by atoms with Crippen molar-refractivity contribution in [1.82, 2.24) is 20.4 Å². The normalized spacial score (nSPS) is 11.4. The molecule has 0 atom stereocenters. The maximum atomic E-state index is 12.1. The van der Waals surface area contributed by atoms with Crippen LogP contribution in [0, 0.1) is 0 Å². The largest absolute Gasteiger partial charge is 0.463 e. The molecule has 0 aliphatic rings. The highest BCUT2D eigenvalue weighted by molar-refractivity contribution is 7.25. The number of H-pyrrole nitrogens is 1. The van der Waals surface area contributed by atoms with Crippen LogP contribution >= 0.6 is 11.3 Å². The van der Waals surface area contributed by atoms with Gasteiger partial charge in [0.25, 0.3) is 5.56 Å². The fourth-order valence-electron chi connectivity index (χ4n) is 2.90. The van der Waals surface area contributed by atoms with Crippen molar-refractivity contribution in [3.05, 3.63) is 65.1 Å². The molecule has 0 aliphatic heterocycles. The lowest BCUT2D eigenvalue weighted by molar-refractivity contribution is 0.580. The van der Waals surface area contributed by atoms with E-state index in [-0.39, 0.29) is 5.56 Å². The molecule has 0 aliphatic carbocycles. The maximum absolute atomic E-state index is 12.1. The van der Waals surface area contributed by atoms with E-state index in [0.29, 0.717) is 21.7 Å². The molecule has 5 rings (SSSR count). The number of nitrogens with one attached hydrogen (secondary N) is 1. The molecule has 1 N–H and O–H groups in total. The third kappa shape index (κ3) is 2.17. The monoisotopic (exact) mass is 346 g/mol. The van der Waals surface area contributed by atoms with Crippen molar-refractivity contribution in [3.8, 4) is 22.6 Å². The Morgan fingerprint density at radius 1 is 1.08 bits per heavy atom. The number of pyridine rings is 1. The molecule has 0 amide bonds. The summed E-state index contributed by atoms with van der Waals surface area (Å²) in [6.07, 6.45) is 1.62. The van der Waals surface area contributed by atoms with E-state index < -0.39 is 0 Å². The van der Waals surface area contributed by atoms with Gasteiger partial charge < -0.3 is 4.42 Å². The minimum atomic E-state index is -0.258. The summed E-state index contributed by atoms with van der Waals surface area (Å²) in [5.74, 6) is 0.677. The highest BCUT2D eigenvalue weighted by Gasteiger charge is 2.18. The van der Waals surface area contributed by atoms with E-state index in [2.05, 4.69) is 20.4 Å². The Labute approximate surface area is 144 Å². The molecule has 0 saturated carbocycles. The van der Waals surface area contributed by atoms with Crippen LogP contribution in [0.4, 0.5) is 0 Å². The van der Waals surface area contributed by atoms with E-state index >= 15 is 0 Å². The second kappa shape index (κ2) is 5.35. The first-order valence-electron chi connectivity index (χ1n) is 7.59. The standard InChI is InChI=1S/C18H10N4O2S/c23-17-16-15(20-22-21-17)14-11(10-5-2-1-3-6-10)9-12(19-18(14)25-16)13-7-4-8-24-13/h1-9H,(H,20,21,23). The minimum absolute atomic E-state index is 0.258. The second-order valence-corrected chi connectivity index (χ2v) is 6.50. The van der Waals surface area contributed by atoms with Gasteiger partial charge in [-0.05, 0) is 29.3 Å². The second-order valence-electron chi connectivity index (χ2n) is 5.50. The fourth-order valence-corrected chi connectivity index (χ4v) is 3.92. The van der Waals surface area contributed by atoms with Gasteiger partial charge in [-0.25, -0.2) is 10.1 Å². The third-order valence-corrected chi connectivity index (χ3v) is 5.07. The van der Waals surface area contributed by atoms with Crippen LogP contribution in [0.1, 0.15) is 0 Å². The van der Waals surface area contributed by atoms with Crippen LogP contribution in [0.15, 0.2) is 64.0 Å². The summed E-state index contributed by atoms with van der Waals surface area (Å²) in [5, 5.41) is 11.1. The van der Waals surface area contributed by atoms with Gasteiger partial charge >= 0.3 is 0 Å². The molecule has 0 bridgehead atoms. The third-order valence-electron chi connectivity index (χ3n) is 4.00. The number of aromatic amines is 1. The van der Waals surface area contributed by atoms with E-state index in [4.69, 9.17) is 4.42 Å². The molecule has 1 aromatic carbocycles. The summed E-state index contributed by atoms with van der Waals surface area (Å²) in [4.78, 5) is 17.5. The van der Waals surface area contributed by atoms with Crippen LogP contribution in [0.2, 0.25) is 0 Å². The molecule has 120 valence electrons. The molecule has 4 heterocycles. The van der Waals surface area contributed by atoms with Gasteiger partial charge in [0.1, 0.15) is 20.7 Å². The molecular weight excluding hydrogens is 336 g/mol. The van der Waals surface area contributed by atoms with Crippen molar-refractivity contribution < 1.29 is 4.42 Å². The Kier molecular flexibility index (Phi) is 3.01. The number of hydrogen-bond acceptors (Lipinski definition) is 6. The van der Waals surface area contributed by atoms with Crippen molar-refractivity contribution in [2.75, 3.05) is 0 Å². The Morgan fingerprint density at radius 2 is 1.96 bits per heavy atom. The SMILES string of the molecule is O=c1[nH]nnc2c1sc1nc(-c3ccco3)cc(-c3ccccc3)c12. The molecular formula is C18H10N4O2S. The topological polar surface area (TPSA) is 84.7 Å². The summed E-state index contributed by atoms with van der Waals surface area (Å²) < 4.78 is 6.02. The zero-order valence-corrected chi connectivity index (χ0v) is 13.6. The summed E-state index contributed by atoms with van der Waals surface area (Å²) >= 11 is 1.31. The quantitative estimate of drug-likeness (QED) is 0.525. The van der Waals surface area contributed by atoms with Gasteiger partial charge in [0.2, 0.25) is 0 Å². The van der Waals surface area contributed by atoms with Gasteiger partial charge in [-0.3, -0.25) is 4.79 Å². The number of nitrogens with zero attached hydrogens (tertiary/aromatic N) is 3. The van der Waals surface area contributed by atoms with Crippen molar-refractivity contribution >= 4 is 31.8 Å². The Hall–Kier alpha value is -3.32. The number of hydrogen-bond donors (Lipinski definition) is 1. The van der Waals surface area contributed by atoms with Gasteiger partial charge in [-0.15, -0.1) is 16.4 Å². The van der Waals surface area contributed by atoms with Crippen LogP contribution in [0.25, 0.3) is 43.0 Å². The van der Waals surface area contributed by atoms with Crippen LogP contribution in [-0.2, 0) is 0 Å². The molecule has 0 radical (unpaired) electrons. The molecule has 7 heteroatoms. The average molecular weight is 346 g/mol. The Bertz CT molecular complexity index is 1260. The number of aromatic nitrogens is 4. The summed E-state index contributed by atoms with van der Waals surface area (Å²) in [5.41, 5.74) is 2.99. The zero-order valence-electron chi connectivity index (χ0n) is 12.8. The van der Waals surface area contributed by atoms with Crippen LogP contribution in [0.3, 0.4) is 0 Å². The molecule has 0 spiro atoms. The van der Waals surface area contributed by atoms with E-state index in [1.165, 1.54) is 11.3 Å². The van der Waals surface area contributed by atoms with E-state index in [0.717, 1.165) is 21.3 Å². The highest BCUT2D eigenvalue weighted by atomic mass is 32.1. The lowest BCUT2D eigenvalue weighted by atomic mass is 10.0. The summed E-state index contributed by atoms with van der Waals surface area (Å²) in [7, 11) is 0. The Balaban J connectivity index is 1.95.